The molecule has 0 rings (SSSR count). The molecule has 7 nitrogen and oxygen atoms in total. The summed E-state index contributed by atoms with van der Waals surface area (Å²) in [5.74, 6) is -1.60. The molecular formula is C4H6O7P+. The van der Waals surface area contributed by atoms with Gasteiger partial charge in [0.2, 0.25) is 0 Å². The largest absolute Gasteiger partial charge is 0.780 e. The molecular weight excluding hydrogens is 191 g/mol. The molecule has 0 aromatic carbocycles. The third-order valence-electron chi connectivity index (χ3n) is 0.431. The van der Waals surface area contributed by atoms with Crippen LogP contribution in [0.3, 0.4) is 0 Å². The molecule has 0 heterocycles. The molecule has 0 atom stereocenters. The van der Waals surface area contributed by atoms with Gasteiger partial charge in [-0.3, -0.25) is 9.78 Å². The molecule has 0 bridgehead atoms. The Balaban J connectivity index is 3.47. The summed E-state index contributed by atoms with van der Waals surface area (Å²) in [4.78, 5) is 27.7. The summed E-state index contributed by atoms with van der Waals surface area (Å²) in [6.45, 7) is 2.07. The molecule has 0 N–H and O–H groups in total. The molecule has 68 valence electrons. The van der Waals surface area contributed by atoms with Gasteiger partial charge in [-0.05, 0) is 0 Å². The zero-order valence-electron chi connectivity index (χ0n) is 6.30. The highest BCUT2D eigenvalue weighted by Crippen LogP contribution is 2.24. The maximum Gasteiger partial charge on any atom is 0.780 e. The summed E-state index contributed by atoms with van der Waals surface area (Å²) in [5, 5.41) is 0. The van der Waals surface area contributed by atoms with E-state index in [-0.39, 0.29) is 0 Å². The van der Waals surface area contributed by atoms with E-state index in [1.165, 1.54) is 0 Å². The molecule has 0 fully saturated rings. The average molecular weight is 197 g/mol. The van der Waals surface area contributed by atoms with Gasteiger partial charge in [0.15, 0.2) is 0 Å². The fourth-order valence-corrected chi connectivity index (χ4v) is 0.535. The summed E-state index contributed by atoms with van der Waals surface area (Å²) in [7, 11) is -2.78. The molecule has 0 aliphatic carbocycles. The van der Waals surface area contributed by atoms with Crippen LogP contribution in [0.5, 0.6) is 0 Å². The van der Waals surface area contributed by atoms with Crippen LogP contribution in [0.1, 0.15) is 13.8 Å². The highest BCUT2D eigenvalue weighted by molar-refractivity contribution is 7.33. The van der Waals surface area contributed by atoms with Crippen LogP contribution in [-0.4, -0.2) is 11.9 Å². The minimum Gasteiger partial charge on any atom is -0.252 e. The summed E-state index contributed by atoms with van der Waals surface area (Å²) >= 11 is 0. The van der Waals surface area contributed by atoms with Crippen molar-refractivity contribution in [3.63, 3.8) is 0 Å². The van der Waals surface area contributed by atoms with Crippen LogP contribution in [0.2, 0.25) is 0 Å². The van der Waals surface area contributed by atoms with Crippen molar-refractivity contribution < 1.29 is 33.3 Å². The number of hydrogen-bond donors (Lipinski definition) is 0. The van der Waals surface area contributed by atoms with Gasteiger partial charge in [0.1, 0.15) is 9.35 Å². The second kappa shape index (κ2) is 5.59. The van der Waals surface area contributed by atoms with Gasteiger partial charge in [-0.2, -0.15) is 0 Å². The van der Waals surface area contributed by atoms with E-state index in [9.17, 15) is 14.2 Å². The van der Waals surface area contributed by atoms with Crippen LogP contribution in [-0.2, 0) is 33.3 Å². The van der Waals surface area contributed by atoms with E-state index in [0.29, 0.717) is 0 Å². The minimum atomic E-state index is -2.78. The Morgan fingerprint density at radius 3 is 1.58 bits per heavy atom. The van der Waals surface area contributed by atoms with E-state index in [4.69, 9.17) is 0 Å². The van der Waals surface area contributed by atoms with Gasteiger partial charge in [-0.1, -0.05) is 0 Å². The zero-order chi connectivity index (χ0) is 9.56. The number of hydrogen-bond acceptors (Lipinski definition) is 7. The van der Waals surface area contributed by atoms with Crippen molar-refractivity contribution in [2.75, 3.05) is 0 Å². The first kappa shape index (κ1) is 11.0. The first-order valence-electron chi connectivity index (χ1n) is 2.70. The van der Waals surface area contributed by atoms with Crippen LogP contribution < -0.4 is 0 Å². The van der Waals surface area contributed by atoms with Gasteiger partial charge in [0.25, 0.3) is 0 Å². The van der Waals surface area contributed by atoms with E-state index in [1.807, 2.05) is 0 Å². The van der Waals surface area contributed by atoms with Crippen molar-refractivity contribution in [2.24, 2.45) is 0 Å². The number of rotatable bonds is 4. The summed E-state index contributed by atoms with van der Waals surface area (Å²) < 4.78 is 18.0. The highest BCUT2D eigenvalue weighted by Gasteiger charge is 2.27. The van der Waals surface area contributed by atoms with Crippen molar-refractivity contribution in [3.05, 3.63) is 0 Å². The topological polar surface area (TPSA) is 88.1 Å². The fraction of sp³-hybridized carbons (Fsp3) is 0.500. The third kappa shape index (κ3) is 7.07. The molecule has 0 saturated carbocycles. The quantitative estimate of drug-likeness (QED) is 0.371. The molecule has 0 aliphatic heterocycles. The van der Waals surface area contributed by atoms with E-state index in [2.05, 4.69) is 19.1 Å². The molecule has 0 aliphatic rings. The van der Waals surface area contributed by atoms with Gasteiger partial charge < -0.3 is 0 Å². The number of carbonyl (C=O) groups is 2. The van der Waals surface area contributed by atoms with Gasteiger partial charge in [0, 0.05) is 18.4 Å². The van der Waals surface area contributed by atoms with Crippen LogP contribution in [0.25, 0.3) is 0 Å². The lowest BCUT2D eigenvalue weighted by atomic mass is 10.9. The first-order chi connectivity index (χ1) is 5.52. The fourth-order valence-electron chi connectivity index (χ4n) is 0.178. The van der Waals surface area contributed by atoms with Crippen molar-refractivity contribution in [3.8, 4) is 0 Å². The molecule has 0 spiro atoms. The van der Waals surface area contributed by atoms with Crippen LogP contribution in [0, 0.1) is 0 Å². The molecule has 8 heteroatoms. The highest BCUT2D eigenvalue weighted by atomic mass is 31.1. The Morgan fingerprint density at radius 1 is 1.00 bits per heavy atom. The van der Waals surface area contributed by atoms with E-state index in [1.54, 1.807) is 0 Å². The Labute approximate surface area is 68.3 Å². The van der Waals surface area contributed by atoms with Crippen molar-refractivity contribution >= 4 is 20.2 Å². The average Bonchev–Trinajstić information content (AvgIpc) is 1.96. The Kier molecular flexibility index (Phi) is 5.11. The van der Waals surface area contributed by atoms with Crippen molar-refractivity contribution in [1.29, 1.82) is 0 Å². The normalized spacial score (nSPS) is 8.83. The molecule has 0 aromatic rings. The van der Waals surface area contributed by atoms with Crippen molar-refractivity contribution in [1.82, 2.24) is 0 Å². The van der Waals surface area contributed by atoms with Crippen LogP contribution in [0.4, 0.5) is 0 Å². The summed E-state index contributed by atoms with van der Waals surface area (Å²) in [6, 6.07) is 0. The lowest BCUT2D eigenvalue weighted by molar-refractivity contribution is -0.242. The standard InChI is InChI=1S/C4H6O7P/c1-3(5)8-10-12(7)11-9-4(2)6/h1-2H3/q+1. The predicted molar refractivity (Wildman–Crippen MR) is 33.3 cm³/mol. The molecule has 12 heavy (non-hydrogen) atoms. The third-order valence-corrected chi connectivity index (χ3v) is 0.823. The smallest absolute Gasteiger partial charge is 0.252 e. The van der Waals surface area contributed by atoms with Gasteiger partial charge in [0.05, 0.1) is 0 Å². The second-order valence-corrected chi connectivity index (χ2v) is 2.27. The zero-order valence-corrected chi connectivity index (χ0v) is 7.20. The van der Waals surface area contributed by atoms with Gasteiger partial charge in [-0.25, -0.2) is 9.59 Å². The van der Waals surface area contributed by atoms with Crippen LogP contribution >= 0.6 is 8.25 Å². The van der Waals surface area contributed by atoms with Crippen LogP contribution in [0.15, 0.2) is 0 Å². The van der Waals surface area contributed by atoms with Gasteiger partial charge in [-0.15, -0.1) is 0 Å². The Hall–Kier alpha value is -1.04. The first-order valence-corrected chi connectivity index (χ1v) is 3.79. The summed E-state index contributed by atoms with van der Waals surface area (Å²) in [5.41, 5.74) is 0. The molecule has 0 unspecified atom stereocenters. The predicted octanol–water partition coefficient (Wildman–Crippen LogP) is 0.633. The molecule has 0 amide bonds. The molecule has 0 radical (unpaired) electrons. The number of carbonyl (C=O) groups excluding carboxylic acids is 2. The van der Waals surface area contributed by atoms with E-state index in [0.717, 1.165) is 13.8 Å². The maximum absolute atomic E-state index is 10.4. The molecule has 0 saturated heterocycles. The lowest BCUT2D eigenvalue weighted by Gasteiger charge is -1.86. The lowest BCUT2D eigenvalue weighted by Crippen LogP contribution is -1.98. The minimum absolute atomic E-state index is 0.801. The maximum atomic E-state index is 10.4. The van der Waals surface area contributed by atoms with Gasteiger partial charge >= 0.3 is 20.2 Å². The monoisotopic (exact) mass is 197 g/mol. The summed E-state index contributed by atoms with van der Waals surface area (Å²) in [6.07, 6.45) is 0. The second-order valence-electron chi connectivity index (χ2n) is 1.52. The Morgan fingerprint density at radius 2 is 1.33 bits per heavy atom. The SMILES string of the molecule is CC(=O)OO[P+](=O)OOC(C)=O. The van der Waals surface area contributed by atoms with E-state index >= 15 is 0 Å². The Bertz CT molecular complexity index is 180. The van der Waals surface area contributed by atoms with E-state index < -0.39 is 20.2 Å². The molecule has 0 aromatic heterocycles. The van der Waals surface area contributed by atoms with Crippen molar-refractivity contribution in [2.45, 2.75) is 13.8 Å².